The van der Waals surface area contributed by atoms with Gasteiger partial charge in [0.05, 0.1) is 0 Å². The zero-order valence-electron chi connectivity index (χ0n) is 11.3. The van der Waals surface area contributed by atoms with Gasteiger partial charge >= 0.3 is 5.91 Å². The van der Waals surface area contributed by atoms with Crippen molar-refractivity contribution >= 4 is 22.4 Å². The minimum absolute atomic E-state index is 0.310. The lowest BCUT2D eigenvalue weighted by Crippen LogP contribution is -2.08. The van der Waals surface area contributed by atoms with Crippen molar-refractivity contribution in [1.82, 2.24) is 0 Å². The Morgan fingerprint density at radius 1 is 0.810 bits per heavy atom. The molecule has 21 heavy (non-hydrogen) atoms. The number of amides is 1. The molecule has 100 valence electrons. The summed E-state index contributed by atoms with van der Waals surface area (Å²) in [7, 11) is 0. The SMILES string of the molecule is O=C(C#Cc1ccccc1)Nc1cccc2ccccc12. The minimum atomic E-state index is -0.310. The zero-order chi connectivity index (χ0) is 14.5. The van der Waals surface area contributed by atoms with Crippen molar-refractivity contribution in [2.45, 2.75) is 0 Å². The molecule has 2 nitrogen and oxygen atoms in total. The summed E-state index contributed by atoms with van der Waals surface area (Å²) in [5, 5.41) is 4.94. The zero-order valence-corrected chi connectivity index (χ0v) is 11.3. The maximum Gasteiger partial charge on any atom is 0.300 e. The predicted octanol–water partition coefficient (Wildman–Crippen LogP) is 3.83. The van der Waals surface area contributed by atoms with E-state index in [1.807, 2.05) is 72.8 Å². The third-order valence-corrected chi connectivity index (χ3v) is 3.13. The highest BCUT2D eigenvalue weighted by Gasteiger charge is 2.02. The molecule has 1 amide bonds. The number of hydrogen-bond donors (Lipinski definition) is 1. The molecule has 1 N–H and O–H groups in total. The summed E-state index contributed by atoms with van der Waals surface area (Å²) in [6.07, 6.45) is 0. The monoisotopic (exact) mass is 271 g/mol. The van der Waals surface area contributed by atoms with E-state index in [-0.39, 0.29) is 5.91 Å². The van der Waals surface area contributed by atoms with Crippen LogP contribution in [0.15, 0.2) is 72.8 Å². The lowest BCUT2D eigenvalue weighted by Gasteiger charge is -2.05. The molecule has 0 bridgehead atoms. The van der Waals surface area contributed by atoms with E-state index < -0.39 is 0 Å². The molecule has 0 atom stereocenters. The van der Waals surface area contributed by atoms with Gasteiger partial charge in [0.1, 0.15) is 0 Å². The van der Waals surface area contributed by atoms with Gasteiger partial charge in [-0.2, -0.15) is 0 Å². The molecule has 0 aliphatic heterocycles. The fourth-order valence-corrected chi connectivity index (χ4v) is 2.14. The Labute approximate surface area is 123 Å². The molecule has 0 spiro atoms. The highest BCUT2D eigenvalue weighted by atomic mass is 16.1. The van der Waals surface area contributed by atoms with E-state index in [1.54, 1.807) is 0 Å². The van der Waals surface area contributed by atoms with Gasteiger partial charge < -0.3 is 5.32 Å². The Kier molecular flexibility index (Phi) is 3.66. The van der Waals surface area contributed by atoms with E-state index in [1.165, 1.54) is 0 Å². The number of nitrogens with one attached hydrogen (secondary N) is 1. The molecule has 3 rings (SSSR count). The van der Waals surface area contributed by atoms with Crippen LogP contribution in [0.3, 0.4) is 0 Å². The molecule has 0 saturated carbocycles. The van der Waals surface area contributed by atoms with Crippen molar-refractivity contribution in [2.75, 3.05) is 5.32 Å². The van der Waals surface area contributed by atoms with Gasteiger partial charge in [0.2, 0.25) is 0 Å². The second-order valence-electron chi connectivity index (χ2n) is 4.60. The summed E-state index contributed by atoms with van der Waals surface area (Å²) in [4.78, 5) is 11.9. The Bertz CT molecular complexity index is 836. The number of rotatable bonds is 1. The Morgan fingerprint density at radius 2 is 1.52 bits per heavy atom. The molecule has 3 aromatic carbocycles. The minimum Gasteiger partial charge on any atom is -0.315 e. The maximum absolute atomic E-state index is 11.9. The number of hydrogen-bond acceptors (Lipinski definition) is 1. The third kappa shape index (κ3) is 3.10. The topological polar surface area (TPSA) is 29.1 Å². The van der Waals surface area contributed by atoms with Crippen LogP contribution in [0, 0.1) is 11.8 Å². The summed E-state index contributed by atoms with van der Waals surface area (Å²) in [6.45, 7) is 0. The first kappa shape index (κ1) is 13.0. The normalized spacial score (nSPS) is 9.71. The third-order valence-electron chi connectivity index (χ3n) is 3.13. The second-order valence-corrected chi connectivity index (χ2v) is 4.60. The molecule has 0 radical (unpaired) electrons. The summed E-state index contributed by atoms with van der Waals surface area (Å²) >= 11 is 0. The van der Waals surface area contributed by atoms with Gasteiger partial charge in [0.15, 0.2) is 0 Å². The van der Waals surface area contributed by atoms with Crippen molar-refractivity contribution in [2.24, 2.45) is 0 Å². The van der Waals surface area contributed by atoms with Gasteiger partial charge in [-0.25, -0.2) is 0 Å². The number of anilines is 1. The highest BCUT2D eigenvalue weighted by molar-refractivity contribution is 6.09. The van der Waals surface area contributed by atoms with Crippen molar-refractivity contribution in [3.8, 4) is 11.8 Å². The average Bonchev–Trinajstić information content (AvgIpc) is 2.54. The lowest BCUT2D eigenvalue weighted by molar-refractivity contribution is -0.111. The van der Waals surface area contributed by atoms with E-state index in [0.29, 0.717) is 0 Å². The molecule has 2 heteroatoms. The summed E-state index contributed by atoms with van der Waals surface area (Å²) < 4.78 is 0. The van der Waals surface area contributed by atoms with Crippen LogP contribution < -0.4 is 5.32 Å². The van der Waals surface area contributed by atoms with Gasteiger partial charge in [-0.3, -0.25) is 4.79 Å². The summed E-state index contributed by atoms with van der Waals surface area (Å²) in [6, 6.07) is 23.2. The molecule has 0 saturated heterocycles. The Morgan fingerprint density at radius 3 is 2.38 bits per heavy atom. The van der Waals surface area contributed by atoms with Crippen molar-refractivity contribution in [3.05, 3.63) is 78.4 Å². The first-order valence-electron chi connectivity index (χ1n) is 6.69. The highest BCUT2D eigenvalue weighted by Crippen LogP contribution is 2.22. The molecule has 0 fully saturated rings. The first-order valence-corrected chi connectivity index (χ1v) is 6.69. The van der Waals surface area contributed by atoms with Gasteiger partial charge in [-0.05, 0) is 23.6 Å². The molecule has 0 unspecified atom stereocenters. The molecule has 0 heterocycles. The summed E-state index contributed by atoms with van der Waals surface area (Å²) in [5.41, 5.74) is 1.60. The van der Waals surface area contributed by atoms with Crippen LogP contribution in [0.2, 0.25) is 0 Å². The maximum atomic E-state index is 11.9. The smallest absolute Gasteiger partial charge is 0.300 e. The molecule has 3 aromatic rings. The number of benzene rings is 3. The van der Waals surface area contributed by atoms with Gasteiger partial charge in [0, 0.05) is 22.6 Å². The van der Waals surface area contributed by atoms with Crippen LogP contribution in [0.4, 0.5) is 5.69 Å². The van der Waals surface area contributed by atoms with Crippen LogP contribution in [0.25, 0.3) is 10.8 Å². The quantitative estimate of drug-likeness (QED) is 0.670. The van der Waals surface area contributed by atoms with Crippen LogP contribution in [0.5, 0.6) is 0 Å². The van der Waals surface area contributed by atoms with E-state index in [0.717, 1.165) is 22.0 Å². The predicted molar refractivity (Wildman–Crippen MR) is 85.9 cm³/mol. The van der Waals surface area contributed by atoms with E-state index in [4.69, 9.17) is 0 Å². The van der Waals surface area contributed by atoms with Gasteiger partial charge in [0.25, 0.3) is 0 Å². The van der Waals surface area contributed by atoms with Crippen LogP contribution in [0.1, 0.15) is 5.56 Å². The second kappa shape index (κ2) is 5.94. The fourth-order valence-electron chi connectivity index (χ4n) is 2.14. The van der Waals surface area contributed by atoms with Gasteiger partial charge in [-0.1, -0.05) is 60.5 Å². The van der Waals surface area contributed by atoms with Gasteiger partial charge in [-0.15, -0.1) is 0 Å². The standard InChI is InChI=1S/C19H13NO/c21-19(14-13-15-7-2-1-3-8-15)20-18-12-6-10-16-9-4-5-11-17(16)18/h1-12H,(H,20,21). The molecule has 0 aliphatic carbocycles. The van der Waals surface area contributed by atoms with E-state index in [2.05, 4.69) is 17.2 Å². The average molecular weight is 271 g/mol. The van der Waals surface area contributed by atoms with E-state index in [9.17, 15) is 4.79 Å². The Balaban J connectivity index is 1.83. The Hall–Kier alpha value is -3.05. The summed E-state index contributed by atoms with van der Waals surface area (Å²) in [5.74, 6) is 5.15. The number of carbonyl (C=O) groups is 1. The largest absolute Gasteiger partial charge is 0.315 e. The number of carbonyl (C=O) groups excluding carboxylic acids is 1. The first-order chi connectivity index (χ1) is 10.3. The van der Waals surface area contributed by atoms with Crippen LogP contribution in [-0.2, 0) is 4.79 Å². The molecule has 0 aromatic heterocycles. The van der Waals surface area contributed by atoms with Crippen molar-refractivity contribution in [1.29, 1.82) is 0 Å². The van der Waals surface area contributed by atoms with Crippen molar-refractivity contribution < 1.29 is 4.79 Å². The van der Waals surface area contributed by atoms with E-state index >= 15 is 0 Å². The molecular formula is C19H13NO. The van der Waals surface area contributed by atoms with Crippen LogP contribution >= 0.6 is 0 Å². The van der Waals surface area contributed by atoms with Crippen molar-refractivity contribution in [3.63, 3.8) is 0 Å². The lowest BCUT2D eigenvalue weighted by atomic mass is 10.1. The molecular weight excluding hydrogens is 258 g/mol. The van der Waals surface area contributed by atoms with Crippen LogP contribution in [-0.4, -0.2) is 5.91 Å². The molecule has 0 aliphatic rings. The number of fused-ring (bicyclic) bond motifs is 1. The fraction of sp³-hybridized carbons (Fsp3) is 0.